The van der Waals surface area contributed by atoms with Crippen molar-refractivity contribution in [3.05, 3.63) is 145 Å². The minimum Gasteiger partial charge on any atom is -0.0743 e. The average molecular weight is 647 g/mol. The molecule has 1 atom stereocenters. The molecule has 2 aliphatic carbocycles. The lowest BCUT2D eigenvalue weighted by Gasteiger charge is -2.29. The molecule has 4 aromatic rings. The van der Waals surface area contributed by atoms with Gasteiger partial charge in [-0.2, -0.15) is 0 Å². The van der Waals surface area contributed by atoms with Crippen LogP contribution in [0.1, 0.15) is 141 Å². The van der Waals surface area contributed by atoms with Gasteiger partial charge in [-0.1, -0.05) is 174 Å². The second-order valence-electron chi connectivity index (χ2n) is 18.9. The summed E-state index contributed by atoms with van der Waals surface area (Å²) in [4.78, 5) is 0. The molecule has 0 heteroatoms. The van der Waals surface area contributed by atoms with E-state index >= 15 is 0 Å². The molecule has 2 aliphatic rings. The van der Waals surface area contributed by atoms with Crippen molar-refractivity contribution < 1.29 is 0 Å². The number of fused-ring (bicyclic) bond motifs is 3. The molecule has 0 bridgehead atoms. The highest BCUT2D eigenvalue weighted by molar-refractivity contribution is 5.92. The van der Waals surface area contributed by atoms with Crippen molar-refractivity contribution in [3.8, 4) is 11.1 Å². The minimum atomic E-state index is -0.113. The van der Waals surface area contributed by atoms with Gasteiger partial charge < -0.3 is 0 Å². The van der Waals surface area contributed by atoms with Crippen molar-refractivity contribution in [1.29, 1.82) is 0 Å². The molecule has 0 spiro atoms. The Bertz CT molecular complexity index is 2050. The molecule has 49 heavy (non-hydrogen) atoms. The van der Waals surface area contributed by atoms with Gasteiger partial charge in [0.1, 0.15) is 0 Å². The molecule has 0 nitrogen and oxygen atoms in total. The van der Waals surface area contributed by atoms with Gasteiger partial charge in [-0.3, -0.25) is 0 Å². The van der Waals surface area contributed by atoms with Crippen molar-refractivity contribution in [1.82, 2.24) is 0 Å². The summed E-state index contributed by atoms with van der Waals surface area (Å²) in [6.45, 7) is 32.6. The first-order chi connectivity index (χ1) is 22.6. The Labute approximate surface area is 297 Å². The van der Waals surface area contributed by atoms with E-state index in [1.54, 1.807) is 0 Å². The van der Waals surface area contributed by atoms with Crippen LogP contribution in [0.5, 0.6) is 0 Å². The summed E-state index contributed by atoms with van der Waals surface area (Å²) in [5.41, 5.74) is 17.8. The van der Waals surface area contributed by atoms with Crippen LogP contribution in [-0.4, -0.2) is 0 Å². The Kier molecular flexibility index (Phi) is 8.46. The number of benzene rings is 4. The van der Waals surface area contributed by atoms with Crippen LogP contribution in [-0.2, 0) is 21.7 Å². The Morgan fingerprint density at radius 1 is 0.531 bits per heavy atom. The van der Waals surface area contributed by atoms with E-state index < -0.39 is 0 Å². The molecule has 0 saturated carbocycles. The lowest BCUT2D eigenvalue weighted by atomic mass is 9.75. The van der Waals surface area contributed by atoms with Gasteiger partial charge in [0, 0.05) is 5.92 Å². The number of hydrogen-bond acceptors (Lipinski definition) is 0. The highest BCUT2D eigenvalue weighted by Crippen LogP contribution is 2.40. The summed E-state index contributed by atoms with van der Waals surface area (Å²) in [5.74, 6) is 0.350. The Hall–Kier alpha value is -3.90. The zero-order chi connectivity index (χ0) is 35.8. The summed E-state index contributed by atoms with van der Waals surface area (Å²) in [7, 11) is 0. The molecule has 0 radical (unpaired) electrons. The van der Waals surface area contributed by atoms with Gasteiger partial charge in [-0.25, -0.2) is 0 Å². The monoisotopic (exact) mass is 646 g/mol. The van der Waals surface area contributed by atoms with E-state index in [0.29, 0.717) is 5.92 Å². The van der Waals surface area contributed by atoms with Crippen molar-refractivity contribution in [2.45, 2.75) is 119 Å². The number of rotatable bonds is 3. The van der Waals surface area contributed by atoms with E-state index in [4.69, 9.17) is 0 Å². The fraction of sp³-hybridized carbons (Fsp3) is 0.388. The van der Waals surface area contributed by atoms with Crippen LogP contribution in [0.2, 0.25) is 0 Å². The predicted octanol–water partition coefficient (Wildman–Crippen LogP) is 11.9. The maximum Gasteiger partial charge on any atom is 0.000164 e. The highest BCUT2D eigenvalue weighted by Gasteiger charge is 2.31. The van der Waals surface area contributed by atoms with E-state index in [1.807, 2.05) is 0 Å². The lowest BCUT2D eigenvalue weighted by Crippen LogP contribution is -2.33. The zero-order valence-electron chi connectivity index (χ0n) is 32.7. The smallest absolute Gasteiger partial charge is 0.000164 e. The predicted molar refractivity (Wildman–Crippen MR) is 215 cm³/mol. The van der Waals surface area contributed by atoms with Crippen molar-refractivity contribution >= 4 is 17.2 Å². The fourth-order valence-corrected chi connectivity index (χ4v) is 7.86. The van der Waals surface area contributed by atoms with Gasteiger partial charge in [0.2, 0.25) is 0 Å². The van der Waals surface area contributed by atoms with E-state index in [-0.39, 0.29) is 21.7 Å². The summed E-state index contributed by atoms with van der Waals surface area (Å²) in [6.07, 6.45) is 7.37. The molecule has 1 unspecified atom stereocenters. The van der Waals surface area contributed by atoms with E-state index in [9.17, 15) is 0 Å². The molecule has 4 aromatic carbocycles. The molecule has 0 amide bonds. The van der Waals surface area contributed by atoms with E-state index in [0.717, 1.165) is 0 Å². The lowest BCUT2D eigenvalue weighted by molar-refractivity contribution is 0.583. The van der Waals surface area contributed by atoms with Gasteiger partial charge in [0.25, 0.3) is 0 Å². The highest BCUT2D eigenvalue weighted by atomic mass is 14.3. The van der Waals surface area contributed by atoms with Crippen LogP contribution in [0.4, 0.5) is 0 Å². The summed E-state index contributed by atoms with van der Waals surface area (Å²) >= 11 is 0. The second-order valence-corrected chi connectivity index (χ2v) is 18.9. The van der Waals surface area contributed by atoms with Crippen LogP contribution < -0.4 is 10.4 Å². The van der Waals surface area contributed by atoms with E-state index in [2.05, 4.69) is 188 Å². The van der Waals surface area contributed by atoms with Crippen LogP contribution in [0.25, 0.3) is 28.3 Å². The van der Waals surface area contributed by atoms with Gasteiger partial charge in [-0.15, -0.1) is 0 Å². The normalized spacial score (nSPS) is 16.2. The third-order valence-corrected chi connectivity index (χ3v) is 10.6. The second kappa shape index (κ2) is 11.9. The SMILES string of the molecule is CC1=CC(C)C(c2c(C(C)(C)C)c(=C(c3ccc(C(C)(C)C)cc3)c3ccc(C(C)(C)C)cc3)cc3c2=Cc2cc(C(C)(C)C)ccc2-3)=C1. The molecular weight excluding hydrogens is 589 g/mol. The van der Waals surface area contributed by atoms with Gasteiger partial charge in [0.05, 0.1) is 0 Å². The molecule has 0 N–H and O–H groups in total. The molecule has 0 aliphatic heterocycles. The third-order valence-electron chi connectivity index (χ3n) is 10.6. The molecule has 254 valence electrons. The van der Waals surface area contributed by atoms with Gasteiger partial charge in [-0.05, 0) is 118 Å². The summed E-state index contributed by atoms with van der Waals surface area (Å²) in [6, 6.07) is 28.6. The maximum atomic E-state index is 2.55. The van der Waals surface area contributed by atoms with Crippen molar-refractivity contribution in [3.63, 3.8) is 0 Å². The average Bonchev–Trinajstić information content (AvgIpc) is 3.53. The minimum absolute atomic E-state index is 0.0884. The van der Waals surface area contributed by atoms with Gasteiger partial charge >= 0.3 is 0 Å². The number of allylic oxidation sites excluding steroid dienone is 4. The van der Waals surface area contributed by atoms with Crippen LogP contribution >= 0.6 is 0 Å². The van der Waals surface area contributed by atoms with Crippen LogP contribution in [0, 0.1) is 5.92 Å². The largest absolute Gasteiger partial charge is 0.0743 e. The van der Waals surface area contributed by atoms with E-state index in [1.165, 1.54) is 82.8 Å². The zero-order valence-corrected chi connectivity index (χ0v) is 32.7. The molecular formula is C49H58. The first-order valence-electron chi connectivity index (χ1n) is 18.4. The molecule has 6 rings (SSSR count). The molecule has 0 heterocycles. The van der Waals surface area contributed by atoms with Crippen LogP contribution in [0.3, 0.4) is 0 Å². The Balaban J connectivity index is 1.81. The molecule has 0 fully saturated rings. The maximum absolute atomic E-state index is 2.55. The topological polar surface area (TPSA) is 0 Å². The first-order valence-corrected chi connectivity index (χ1v) is 18.4. The number of hydrogen-bond donors (Lipinski definition) is 0. The van der Waals surface area contributed by atoms with Gasteiger partial charge in [0.15, 0.2) is 0 Å². The fourth-order valence-electron chi connectivity index (χ4n) is 7.86. The summed E-state index contributed by atoms with van der Waals surface area (Å²) in [5, 5.41) is 2.72. The standard InChI is InChI=1S/C49H58/c1-30-25-31(2)39(26-30)44-41-28-34-27-37(48(9,10)11)23-24-38(34)40(41)29-42(45(44)49(12,13)14)43(32-15-19-35(20-16-32)46(3,4)5)33-17-21-36(22-18-33)47(6,7)8/h15-29,31H,1-14H3. The Morgan fingerprint density at radius 3 is 1.45 bits per heavy atom. The molecule has 0 saturated heterocycles. The van der Waals surface area contributed by atoms with Crippen LogP contribution in [0.15, 0.2) is 90.5 Å². The third kappa shape index (κ3) is 6.57. The van der Waals surface area contributed by atoms with Crippen molar-refractivity contribution in [2.24, 2.45) is 5.92 Å². The summed E-state index contributed by atoms with van der Waals surface area (Å²) < 4.78 is 0. The Morgan fingerprint density at radius 2 is 1.02 bits per heavy atom. The first kappa shape index (κ1) is 34.9. The van der Waals surface area contributed by atoms with Crippen molar-refractivity contribution in [2.75, 3.05) is 0 Å². The molecule has 0 aromatic heterocycles. The quantitative estimate of drug-likeness (QED) is 0.183.